The predicted octanol–water partition coefficient (Wildman–Crippen LogP) is 1.18. The zero-order chi connectivity index (χ0) is 14.1. The summed E-state index contributed by atoms with van der Waals surface area (Å²) in [5.74, 6) is -1.42. The number of para-hydroxylation sites is 1. The molecule has 0 aliphatic rings. The largest absolute Gasteiger partial charge is 0.421 e. The first kappa shape index (κ1) is 12.0. The summed E-state index contributed by atoms with van der Waals surface area (Å²) in [4.78, 5) is 19.1. The van der Waals surface area contributed by atoms with Crippen molar-refractivity contribution in [2.75, 3.05) is 0 Å². The summed E-state index contributed by atoms with van der Waals surface area (Å²) < 4.78 is 18.7. The Balaban J connectivity index is 2.08. The number of aromatic amines is 1. The topological polar surface area (TPSA) is 107 Å². The van der Waals surface area contributed by atoms with Crippen LogP contribution in [-0.2, 0) is 0 Å². The van der Waals surface area contributed by atoms with Crippen molar-refractivity contribution in [2.45, 2.75) is 0 Å². The highest BCUT2D eigenvalue weighted by Gasteiger charge is 2.16. The summed E-state index contributed by atoms with van der Waals surface area (Å²) in [5.41, 5.74) is 5.33. The number of nitrogens with zero attached hydrogens (tertiary/aromatic N) is 3. The number of hydrogen-bond donors (Lipinski definition) is 2. The van der Waals surface area contributed by atoms with Gasteiger partial charge in [0.1, 0.15) is 11.9 Å². The standard InChI is InChI=1S/C12H7FN5O2/c13-7-3-1-2-4-8(7)20-12-16-9(10(14)19)6-5-15-18-11(6)17-12/h1-4H,(H2,14,19)(H,15,16,17,18). The zero-order valence-corrected chi connectivity index (χ0v) is 9.92. The molecule has 0 atom stereocenters. The van der Waals surface area contributed by atoms with Gasteiger partial charge in [0, 0.05) is 0 Å². The SMILES string of the molecule is NC(=O)c1nc(Oc2ccccc2F)nc2[nH]n[c]c12. The lowest BCUT2D eigenvalue weighted by atomic mass is 10.3. The van der Waals surface area contributed by atoms with E-state index in [1.807, 2.05) is 0 Å². The first-order valence-electron chi connectivity index (χ1n) is 5.51. The number of fused-ring (bicyclic) bond motifs is 1. The molecule has 99 valence electrons. The number of H-pyrrole nitrogens is 1. The lowest BCUT2D eigenvalue weighted by molar-refractivity contribution is 0.0996. The average Bonchev–Trinajstić information content (AvgIpc) is 2.88. The molecule has 3 rings (SSSR count). The lowest BCUT2D eigenvalue weighted by Crippen LogP contribution is -2.14. The molecule has 2 heterocycles. The zero-order valence-electron chi connectivity index (χ0n) is 9.92. The third-order valence-electron chi connectivity index (χ3n) is 2.49. The van der Waals surface area contributed by atoms with Gasteiger partial charge in [-0.2, -0.15) is 15.1 Å². The minimum absolute atomic E-state index is 0.0641. The highest BCUT2D eigenvalue weighted by molar-refractivity contribution is 6.02. The molecule has 3 aromatic rings. The molecule has 8 heteroatoms. The smallest absolute Gasteiger partial charge is 0.324 e. The monoisotopic (exact) mass is 272 g/mol. The van der Waals surface area contributed by atoms with Crippen molar-refractivity contribution in [3.8, 4) is 11.8 Å². The number of hydrogen-bond acceptors (Lipinski definition) is 5. The predicted molar refractivity (Wildman–Crippen MR) is 65.5 cm³/mol. The van der Waals surface area contributed by atoms with Gasteiger partial charge >= 0.3 is 6.01 Å². The molecule has 0 fully saturated rings. The number of primary amides is 1. The Bertz CT molecular complexity index is 801. The normalized spacial score (nSPS) is 10.7. The molecular formula is C12H7FN5O2. The number of aromatic nitrogens is 4. The second-order valence-corrected chi connectivity index (χ2v) is 3.81. The molecule has 2 aromatic heterocycles. The molecule has 3 N–H and O–H groups in total. The van der Waals surface area contributed by atoms with E-state index in [4.69, 9.17) is 10.5 Å². The maximum atomic E-state index is 13.5. The van der Waals surface area contributed by atoms with Crippen molar-refractivity contribution in [1.29, 1.82) is 0 Å². The highest BCUT2D eigenvalue weighted by Crippen LogP contribution is 2.23. The van der Waals surface area contributed by atoms with Crippen molar-refractivity contribution in [3.63, 3.8) is 0 Å². The van der Waals surface area contributed by atoms with Gasteiger partial charge in [-0.25, -0.2) is 4.39 Å². The van der Waals surface area contributed by atoms with Crippen LogP contribution >= 0.6 is 0 Å². The maximum absolute atomic E-state index is 13.5. The Hall–Kier alpha value is -3.03. The molecule has 1 aromatic carbocycles. The van der Waals surface area contributed by atoms with Gasteiger partial charge in [-0.05, 0) is 12.1 Å². The number of nitrogens with two attached hydrogens (primary N) is 1. The van der Waals surface area contributed by atoms with Crippen LogP contribution in [-0.4, -0.2) is 26.1 Å². The molecule has 0 saturated carbocycles. The summed E-state index contributed by atoms with van der Waals surface area (Å²) in [5, 5.41) is 6.39. The lowest BCUT2D eigenvalue weighted by Gasteiger charge is -2.05. The van der Waals surface area contributed by atoms with Crippen molar-refractivity contribution >= 4 is 16.9 Å². The van der Waals surface area contributed by atoms with Crippen LogP contribution in [0.4, 0.5) is 4.39 Å². The minimum Gasteiger partial charge on any atom is -0.421 e. The molecular weight excluding hydrogens is 265 g/mol. The number of carbonyl (C=O) groups is 1. The number of nitrogens with one attached hydrogen (secondary N) is 1. The fraction of sp³-hybridized carbons (Fsp3) is 0. The molecule has 0 aliphatic carbocycles. The van der Waals surface area contributed by atoms with E-state index in [1.165, 1.54) is 18.2 Å². The Morgan fingerprint density at radius 3 is 2.90 bits per heavy atom. The van der Waals surface area contributed by atoms with E-state index < -0.39 is 11.7 Å². The second kappa shape index (κ2) is 4.57. The third kappa shape index (κ3) is 2.03. The minimum atomic E-state index is -0.784. The molecule has 0 bridgehead atoms. The molecule has 7 nitrogen and oxygen atoms in total. The van der Waals surface area contributed by atoms with E-state index in [2.05, 4.69) is 26.4 Å². The van der Waals surface area contributed by atoms with Gasteiger partial charge in [0.25, 0.3) is 5.91 Å². The van der Waals surface area contributed by atoms with Crippen LogP contribution in [0.2, 0.25) is 0 Å². The van der Waals surface area contributed by atoms with Crippen LogP contribution in [0.3, 0.4) is 0 Å². The molecule has 1 amide bonds. The van der Waals surface area contributed by atoms with E-state index in [-0.39, 0.29) is 28.5 Å². The van der Waals surface area contributed by atoms with E-state index in [9.17, 15) is 9.18 Å². The fourth-order valence-electron chi connectivity index (χ4n) is 1.61. The van der Waals surface area contributed by atoms with E-state index >= 15 is 0 Å². The van der Waals surface area contributed by atoms with Crippen LogP contribution < -0.4 is 10.5 Å². The Kier molecular flexibility index (Phi) is 2.75. The number of ether oxygens (including phenoxy) is 1. The second-order valence-electron chi connectivity index (χ2n) is 3.81. The van der Waals surface area contributed by atoms with Crippen molar-refractivity contribution in [1.82, 2.24) is 20.2 Å². The quantitative estimate of drug-likeness (QED) is 0.744. The number of amides is 1. The Labute approximate surface area is 111 Å². The van der Waals surface area contributed by atoms with E-state index in [0.29, 0.717) is 0 Å². The average molecular weight is 272 g/mol. The molecule has 0 aliphatic heterocycles. The van der Waals surface area contributed by atoms with Crippen LogP contribution in [0.5, 0.6) is 11.8 Å². The molecule has 0 saturated heterocycles. The van der Waals surface area contributed by atoms with Gasteiger partial charge in [-0.3, -0.25) is 9.89 Å². The Morgan fingerprint density at radius 1 is 1.35 bits per heavy atom. The molecule has 0 unspecified atom stereocenters. The molecule has 0 spiro atoms. The van der Waals surface area contributed by atoms with Gasteiger partial charge in [0.2, 0.25) is 0 Å². The molecule has 20 heavy (non-hydrogen) atoms. The number of halogens is 1. The van der Waals surface area contributed by atoms with Crippen LogP contribution in [0, 0.1) is 12.0 Å². The van der Waals surface area contributed by atoms with Crippen molar-refractivity contribution in [2.24, 2.45) is 5.73 Å². The van der Waals surface area contributed by atoms with Crippen LogP contribution in [0.25, 0.3) is 11.0 Å². The van der Waals surface area contributed by atoms with Gasteiger partial charge in [0.15, 0.2) is 17.2 Å². The summed E-state index contributed by atoms with van der Waals surface area (Å²) in [6, 6.07) is 5.54. The van der Waals surface area contributed by atoms with Gasteiger partial charge in [0.05, 0.1) is 5.39 Å². The first-order valence-corrected chi connectivity index (χ1v) is 5.51. The van der Waals surface area contributed by atoms with E-state index in [1.54, 1.807) is 6.07 Å². The third-order valence-corrected chi connectivity index (χ3v) is 2.49. The number of benzene rings is 1. The van der Waals surface area contributed by atoms with Crippen LogP contribution in [0.1, 0.15) is 10.5 Å². The molecule has 1 radical (unpaired) electrons. The van der Waals surface area contributed by atoms with Gasteiger partial charge in [-0.1, -0.05) is 12.1 Å². The van der Waals surface area contributed by atoms with E-state index in [0.717, 1.165) is 0 Å². The Morgan fingerprint density at radius 2 is 2.15 bits per heavy atom. The number of carbonyl (C=O) groups excluding carboxylic acids is 1. The summed E-state index contributed by atoms with van der Waals surface area (Å²) in [7, 11) is 0. The first-order chi connectivity index (χ1) is 9.65. The maximum Gasteiger partial charge on any atom is 0.324 e. The summed E-state index contributed by atoms with van der Waals surface area (Å²) in [6.45, 7) is 0. The summed E-state index contributed by atoms with van der Waals surface area (Å²) >= 11 is 0. The summed E-state index contributed by atoms with van der Waals surface area (Å²) in [6.07, 6.45) is 2.51. The highest BCUT2D eigenvalue weighted by atomic mass is 19.1. The van der Waals surface area contributed by atoms with Gasteiger partial charge < -0.3 is 10.5 Å². The van der Waals surface area contributed by atoms with Crippen molar-refractivity contribution in [3.05, 3.63) is 42.0 Å². The fourth-order valence-corrected chi connectivity index (χ4v) is 1.61. The number of rotatable bonds is 3. The van der Waals surface area contributed by atoms with Crippen LogP contribution in [0.15, 0.2) is 24.3 Å². The van der Waals surface area contributed by atoms with Gasteiger partial charge in [-0.15, -0.1) is 0 Å². The van der Waals surface area contributed by atoms with Crippen molar-refractivity contribution < 1.29 is 13.9 Å².